The standard InChI is InChI=1S/C25H27FN8OS/c1-15-12-21(31-25(28-15)34-10-8-33(4)9-11-34)30-20-13-18-19(14-27-20)36-23(29-18)16-6-5-7-17(22(16)26)24(35)32(2)3/h5-7,12-14H,8-11H2,1-4H3,(H,27,28,30,31). The van der Waals surface area contributed by atoms with E-state index in [1.165, 1.54) is 22.3 Å². The fraction of sp³-hybridized carbons (Fsp3) is 0.320. The Labute approximate surface area is 212 Å². The van der Waals surface area contributed by atoms with E-state index in [9.17, 15) is 4.79 Å². The van der Waals surface area contributed by atoms with Crippen molar-refractivity contribution in [1.29, 1.82) is 0 Å². The summed E-state index contributed by atoms with van der Waals surface area (Å²) in [6.45, 7) is 5.64. The first kappa shape index (κ1) is 24.0. The van der Waals surface area contributed by atoms with E-state index in [4.69, 9.17) is 4.98 Å². The number of nitrogens with zero attached hydrogens (tertiary/aromatic N) is 7. The van der Waals surface area contributed by atoms with Crippen LogP contribution in [-0.2, 0) is 0 Å². The number of rotatable bonds is 5. The first-order chi connectivity index (χ1) is 17.3. The van der Waals surface area contributed by atoms with Crippen molar-refractivity contribution in [2.75, 3.05) is 57.5 Å². The van der Waals surface area contributed by atoms with E-state index in [1.807, 2.05) is 19.1 Å². The maximum Gasteiger partial charge on any atom is 0.256 e. The molecule has 3 aromatic heterocycles. The Morgan fingerprint density at radius 3 is 2.61 bits per heavy atom. The van der Waals surface area contributed by atoms with Gasteiger partial charge in [-0.05, 0) is 26.1 Å². The van der Waals surface area contributed by atoms with Crippen LogP contribution in [0.15, 0.2) is 36.5 Å². The maximum absolute atomic E-state index is 15.2. The lowest BCUT2D eigenvalue weighted by Crippen LogP contribution is -2.45. The van der Waals surface area contributed by atoms with Crippen LogP contribution in [0.3, 0.4) is 0 Å². The van der Waals surface area contributed by atoms with Gasteiger partial charge in [0, 0.05) is 69.9 Å². The van der Waals surface area contributed by atoms with Crippen LogP contribution in [0.25, 0.3) is 20.8 Å². The zero-order valence-corrected chi connectivity index (χ0v) is 21.4. The third-order valence-electron chi connectivity index (χ3n) is 6.03. The highest BCUT2D eigenvalue weighted by molar-refractivity contribution is 7.21. The molecular formula is C25H27FN8OS. The maximum atomic E-state index is 15.2. The normalized spacial score (nSPS) is 14.3. The van der Waals surface area contributed by atoms with E-state index in [2.05, 4.69) is 37.1 Å². The molecule has 5 rings (SSSR count). The SMILES string of the molecule is Cc1cc(Nc2cc3nc(-c4cccc(C(=O)N(C)C)c4F)sc3cn2)nc(N2CCN(C)CC2)n1. The van der Waals surface area contributed by atoms with Crippen LogP contribution in [0.5, 0.6) is 0 Å². The largest absolute Gasteiger partial charge is 0.345 e. The number of benzene rings is 1. The number of fused-ring (bicyclic) bond motifs is 1. The Morgan fingerprint density at radius 1 is 1.08 bits per heavy atom. The zero-order chi connectivity index (χ0) is 25.4. The molecule has 4 heterocycles. The van der Waals surface area contributed by atoms with Crippen LogP contribution >= 0.6 is 11.3 Å². The van der Waals surface area contributed by atoms with Gasteiger partial charge >= 0.3 is 0 Å². The Kier molecular flexibility index (Phi) is 6.50. The molecule has 186 valence electrons. The number of amides is 1. The van der Waals surface area contributed by atoms with Crippen molar-refractivity contribution in [3.05, 3.63) is 53.6 Å². The van der Waals surface area contributed by atoms with Crippen LogP contribution in [0.4, 0.5) is 22.0 Å². The number of thiazole rings is 1. The molecular weight excluding hydrogens is 479 g/mol. The Hall–Kier alpha value is -3.70. The van der Waals surface area contributed by atoms with Gasteiger partial charge in [0.2, 0.25) is 5.95 Å². The van der Waals surface area contributed by atoms with Crippen LogP contribution in [0.1, 0.15) is 16.1 Å². The van der Waals surface area contributed by atoms with Gasteiger partial charge in [0.05, 0.1) is 15.8 Å². The highest BCUT2D eigenvalue weighted by atomic mass is 32.1. The lowest BCUT2D eigenvalue weighted by Gasteiger charge is -2.32. The summed E-state index contributed by atoms with van der Waals surface area (Å²) < 4.78 is 16.0. The van der Waals surface area contributed by atoms with Crippen molar-refractivity contribution in [1.82, 2.24) is 29.7 Å². The van der Waals surface area contributed by atoms with Gasteiger partial charge in [-0.15, -0.1) is 11.3 Å². The van der Waals surface area contributed by atoms with Crippen molar-refractivity contribution in [3.63, 3.8) is 0 Å². The third-order valence-corrected chi connectivity index (χ3v) is 7.06. The summed E-state index contributed by atoms with van der Waals surface area (Å²) in [5.41, 5.74) is 1.86. The minimum Gasteiger partial charge on any atom is -0.345 e. The number of anilines is 3. The second kappa shape index (κ2) is 9.75. The predicted molar refractivity (Wildman–Crippen MR) is 141 cm³/mol. The summed E-state index contributed by atoms with van der Waals surface area (Å²) in [7, 11) is 5.31. The predicted octanol–water partition coefficient (Wildman–Crippen LogP) is 3.79. The van der Waals surface area contributed by atoms with Crippen LogP contribution in [0, 0.1) is 12.7 Å². The highest BCUT2D eigenvalue weighted by Gasteiger charge is 2.20. The number of likely N-dealkylation sites (N-methyl/N-ethyl adjacent to an activating group) is 1. The number of hydrogen-bond donors (Lipinski definition) is 1. The van der Waals surface area contributed by atoms with E-state index in [0.29, 0.717) is 33.7 Å². The molecule has 1 N–H and O–H groups in total. The number of carbonyl (C=O) groups is 1. The second-order valence-corrected chi connectivity index (χ2v) is 10.1. The number of piperazine rings is 1. The summed E-state index contributed by atoms with van der Waals surface area (Å²) in [4.78, 5) is 36.6. The summed E-state index contributed by atoms with van der Waals surface area (Å²) in [6, 6.07) is 8.48. The summed E-state index contributed by atoms with van der Waals surface area (Å²) in [6.07, 6.45) is 1.71. The van der Waals surface area contributed by atoms with Crippen molar-refractivity contribution in [2.45, 2.75) is 6.92 Å². The molecule has 0 saturated carbocycles. The van der Waals surface area contributed by atoms with Gasteiger partial charge < -0.3 is 20.0 Å². The molecule has 0 unspecified atom stereocenters. The monoisotopic (exact) mass is 506 g/mol. The number of aromatic nitrogens is 4. The molecule has 4 aromatic rings. The minimum absolute atomic E-state index is 0.0209. The Balaban J connectivity index is 1.41. The lowest BCUT2D eigenvalue weighted by molar-refractivity contribution is 0.0823. The molecule has 1 saturated heterocycles. The Morgan fingerprint density at radius 2 is 1.86 bits per heavy atom. The summed E-state index contributed by atoms with van der Waals surface area (Å²) >= 11 is 1.33. The number of nitrogens with one attached hydrogen (secondary N) is 1. The number of aryl methyl sites for hydroxylation is 1. The molecule has 1 aromatic carbocycles. The van der Waals surface area contributed by atoms with Gasteiger partial charge in [0.1, 0.15) is 22.5 Å². The summed E-state index contributed by atoms with van der Waals surface area (Å²) in [5, 5.41) is 3.75. The summed E-state index contributed by atoms with van der Waals surface area (Å²) in [5.74, 6) is 0.970. The third kappa shape index (κ3) is 4.84. The fourth-order valence-corrected chi connectivity index (χ4v) is 4.95. The molecule has 9 nitrogen and oxygen atoms in total. The molecule has 1 aliphatic rings. The van der Waals surface area contributed by atoms with Gasteiger partial charge in [-0.2, -0.15) is 4.98 Å². The van der Waals surface area contributed by atoms with E-state index < -0.39 is 5.82 Å². The van der Waals surface area contributed by atoms with Crippen molar-refractivity contribution >= 4 is 45.0 Å². The second-order valence-electron chi connectivity index (χ2n) is 9.03. The van der Waals surface area contributed by atoms with Gasteiger partial charge in [-0.1, -0.05) is 6.07 Å². The fourth-order valence-electron chi connectivity index (χ4n) is 4.02. The molecule has 0 aliphatic carbocycles. The van der Waals surface area contributed by atoms with Crippen molar-refractivity contribution in [2.24, 2.45) is 0 Å². The van der Waals surface area contributed by atoms with Gasteiger partial charge in [-0.3, -0.25) is 4.79 Å². The average molecular weight is 507 g/mol. The van der Waals surface area contributed by atoms with E-state index >= 15 is 4.39 Å². The van der Waals surface area contributed by atoms with E-state index in [1.54, 1.807) is 32.4 Å². The molecule has 0 radical (unpaired) electrons. The first-order valence-corrected chi connectivity index (χ1v) is 12.4. The molecule has 11 heteroatoms. The molecule has 36 heavy (non-hydrogen) atoms. The molecule has 0 spiro atoms. The van der Waals surface area contributed by atoms with Crippen LogP contribution in [-0.4, -0.2) is 83.0 Å². The van der Waals surface area contributed by atoms with Gasteiger partial charge in [0.15, 0.2) is 0 Å². The Bertz CT molecular complexity index is 1430. The number of hydrogen-bond acceptors (Lipinski definition) is 9. The number of pyridine rings is 1. The van der Waals surface area contributed by atoms with Gasteiger partial charge in [0.25, 0.3) is 5.91 Å². The lowest BCUT2D eigenvalue weighted by atomic mass is 10.1. The molecule has 0 atom stereocenters. The first-order valence-electron chi connectivity index (χ1n) is 11.6. The van der Waals surface area contributed by atoms with Gasteiger partial charge in [-0.25, -0.2) is 19.3 Å². The quantitative estimate of drug-likeness (QED) is 0.437. The molecule has 1 fully saturated rings. The van der Waals surface area contributed by atoms with E-state index in [-0.39, 0.29) is 11.5 Å². The minimum atomic E-state index is -0.575. The zero-order valence-electron chi connectivity index (χ0n) is 20.6. The number of carbonyl (C=O) groups excluding carboxylic acids is 1. The number of halogens is 1. The molecule has 0 bridgehead atoms. The van der Waals surface area contributed by atoms with Crippen molar-refractivity contribution < 1.29 is 9.18 Å². The highest BCUT2D eigenvalue weighted by Crippen LogP contribution is 2.33. The average Bonchev–Trinajstić information content (AvgIpc) is 3.27. The van der Waals surface area contributed by atoms with E-state index in [0.717, 1.165) is 36.6 Å². The topological polar surface area (TPSA) is 90.4 Å². The van der Waals surface area contributed by atoms with Crippen LogP contribution in [0.2, 0.25) is 0 Å². The molecule has 1 amide bonds. The van der Waals surface area contributed by atoms with Crippen LogP contribution < -0.4 is 10.2 Å². The molecule has 1 aliphatic heterocycles. The smallest absolute Gasteiger partial charge is 0.256 e. The van der Waals surface area contributed by atoms with Crippen molar-refractivity contribution in [3.8, 4) is 10.6 Å².